The summed E-state index contributed by atoms with van der Waals surface area (Å²) in [5.74, 6) is -1.07. The molecule has 0 aromatic heterocycles. The Morgan fingerprint density at radius 1 is 0.950 bits per heavy atom. The van der Waals surface area contributed by atoms with E-state index in [0.717, 1.165) is 38.8 Å². The van der Waals surface area contributed by atoms with Crippen LogP contribution in [0, 0.1) is 5.92 Å². The van der Waals surface area contributed by atoms with Gasteiger partial charge in [-0.25, -0.2) is 0 Å². The summed E-state index contributed by atoms with van der Waals surface area (Å²) in [4.78, 5) is 2.42. The molecule has 2 nitrogen and oxygen atoms in total. The molecule has 3 rings (SSSR count). The number of hydrogen-bond donors (Lipinski definition) is 1. The standard InChI is InChI=1S/C15H25F3N2/c16-15(17,18)11-4-1-5-12(10-11)20-9-3-7-14(20)13-6-2-8-19-13/h11-14,19H,1-10H2. The first kappa shape index (κ1) is 14.6. The molecule has 3 fully saturated rings. The molecule has 5 heteroatoms. The zero-order valence-electron chi connectivity index (χ0n) is 12.0. The van der Waals surface area contributed by atoms with E-state index in [-0.39, 0.29) is 6.04 Å². The smallest absolute Gasteiger partial charge is 0.312 e. The molecular weight excluding hydrogens is 265 g/mol. The van der Waals surface area contributed by atoms with Crippen molar-refractivity contribution in [1.82, 2.24) is 10.2 Å². The fraction of sp³-hybridized carbons (Fsp3) is 1.00. The van der Waals surface area contributed by atoms with Crippen molar-refractivity contribution in [2.75, 3.05) is 13.1 Å². The van der Waals surface area contributed by atoms with Gasteiger partial charge >= 0.3 is 6.18 Å². The van der Waals surface area contributed by atoms with Gasteiger partial charge in [0, 0.05) is 18.1 Å². The third-order valence-corrected chi connectivity index (χ3v) is 5.48. The number of rotatable bonds is 2. The summed E-state index contributed by atoms with van der Waals surface area (Å²) in [6, 6.07) is 1.16. The molecule has 3 aliphatic rings. The van der Waals surface area contributed by atoms with Crippen molar-refractivity contribution in [3.8, 4) is 0 Å². The Morgan fingerprint density at radius 3 is 2.50 bits per heavy atom. The number of alkyl halides is 3. The van der Waals surface area contributed by atoms with Gasteiger partial charge in [-0.3, -0.25) is 4.90 Å². The van der Waals surface area contributed by atoms with Gasteiger partial charge in [-0.15, -0.1) is 0 Å². The summed E-state index contributed by atoms with van der Waals surface area (Å²) in [7, 11) is 0. The molecule has 0 radical (unpaired) electrons. The van der Waals surface area contributed by atoms with Crippen molar-refractivity contribution in [2.45, 2.75) is 75.7 Å². The molecule has 2 aliphatic heterocycles. The van der Waals surface area contributed by atoms with Crippen LogP contribution in [0.1, 0.15) is 51.4 Å². The van der Waals surface area contributed by atoms with Gasteiger partial charge < -0.3 is 5.32 Å². The zero-order valence-corrected chi connectivity index (χ0v) is 12.0. The number of likely N-dealkylation sites (tertiary alicyclic amines) is 1. The van der Waals surface area contributed by atoms with Crippen LogP contribution in [-0.2, 0) is 0 Å². The molecule has 0 spiro atoms. The largest absolute Gasteiger partial charge is 0.391 e. The molecule has 0 aromatic rings. The van der Waals surface area contributed by atoms with E-state index in [1.165, 1.54) is 12.8 Å². The van der Waals surface area contributed by atoms with E-state index in [1.54, 1.807) is 0 Å². The van der Waals surface area contributed by atoms with E-state index >= 15 is 0 Å². The highest BCUT2D eigenvalue weighted by Gasteiger charge is 2.45. The van der Waals surface area contributed by atoms with E-state index < -0.39 is 12.1 Å². The van der Waals surface area contributed by atoms with Crippen LogP contribution in [0.25, 0.3) is 0 Å². The van der Waals surface area contributed by atoms with Crippen molar-refractivity contribution in [3.63, 3.8) is 0 Å². The molecule has 2 saturated heterocycles. The Bertz CT molecular complexity index is 326. The van der Waals surface area contributed by atoms with Crippen LogP contribution < -0.4 is 5.32 Å². The highest BCUT2D eigenvalue weighted by Crippen LogP contribution is 2.41. The van der Waals surface area contributed by atoms with Crippen molar-refractivity contribution in [1.29, 1.82) is 0 Å². The number of halogens is 3. The molecule has 116 valence electrons. The molecule has 4 unspecified atom stereocenters. The van der Waals surface area contributed by atoms with E-state index in [0.29, 0.717) is 24.9 Å². The van der Waals surface area contributed by atoms with Gasteiger partial charge in [-0.1, -0.05) is 6.42 Å². The second kappa shape index (κ2) is 5.84. The quantitative estimate of drug-likeness (QED) is 0.839. The Kier molecular flexibility index (Phi) is 4.27. The first-order valence-electron chi connectivity index (χ1n) is 8.11. The van der Waals surface area contributed by atoms with Crippen molar-refractivity contribution in [3.05, 3.63) is 0 Å². The zero-order chi connectivity index (χ0) is 14.2. The first-order valence-corrected chi connectivity index (χ1v) is 8.11. The minimum atomic E-state index is -4.00. The van der Waals surface area contributed by atoms with Crippen LogP contribution >= 0.6 is 0 Å². The third kappa shape index (κ3) is 2.98. The van der Waals surface area contributed by atoms with Crippen LogP contribution in [0.2, 0.25) is 0 Å². The van der Waals surface area contributed by atoms with Crippen molar-refractivity contribution < 1.29 is 13.2 Å². The molecule has 0 aromatic carbocycles. The molecule has 0 bridgehead atoms. The second-order valence-electron chi connectivity index (χ2n) is 6.71. The second-order valence-corrected chi connectivity index (χ2v) is 6.71. The highest BCUT2D eigenvalue weighted by atomic mass is 19.4. The Balaban J connectivity index is 1.65. The normalized spacial score (nSPS) is 40.4. The number of nitrogens with zero attached hydrogens (tertiary/aromatic N) is 1. The maximum atomic E-state index is 13.0. The summed E-state index contributed by atoms with van der Waals surface area (Å²) in [5, 5.41) is 3.55. The fourth-order valence-corrected chi connectivity index (χ4v) is 4.50. The van der Waals surface area contributed by atoms with Gasteiger partial charge in [0.05, 0.1) is 5.92 Å². The van der Waals surface area contributed by atoms with Crippen molar-refractivity contribution in [2.24, 2.45) is 5.92 Å². The lowest BCUT2D eigenvalue weighted by atomic mass is 9.84. The molecule has 4 atom stereocenters. The molecule has 20 heavy (non-hydrogen) atoms. The van der Waals surface area contributed by atoms with Crippen LogP contribution in [0.3, 0.4) is 0 Å². The minimum Gasteiger partial charge on any atom is -0.312 e. The van der Waals surface area contributed by atoms with Gasteiger partial charge in [0.25, 0.3) is 0 Å². The lowest BCUT2D eigenvalue weighted by Crippen LogP contribution is -2.50. The molecule has 0 amide bonds. The minimum absolute atomic E-state index is 0.158. The van der Waals surface area contributed by atoms with Crippen molar-refractivity contribution >= 4 is 0 Å². The van der Waals surface area contributed by atoms with Crippen LogP contribution in [0.15, 0.2) is 0 Å². The number of hydrogen-bond acceptors (Lipinski definition) is 2. The highest BCUT2D eigenvalue weighted by molar-refractivity contribution is 4.96. The fourth-order valence-electron chi connectivity index (χ4n) is 4.50. The first-order chi connectivity index (χ1) is 9.55. The van der Waals surface area contributed by atoms with Gasteiger partial charge in [0.1, 0.15) is 0 Å². The van der Waals surface area contributed by atoms with Gasteiger partial charge in [-0.05, 0) is 58.0 Å². The Labute approximate surface area is 119 Å². The number of nitrogens with one attached hydrogen (secondary N) is 1. The lowest BCUT2D eigenvalue weighted by molar-refractivity contribution is -0.187. The van der Waals surface area contributed by atoms with E-state index in [1.807, 2.05) is 0 Å². The molecular formula is C15H25F3N2. The monoisotopic (exact) mass is 290 g/mol. The molecule has 1 aliphatic carbocycles. The SMILES string of the molecule is FC(F)(F)C1CCCC(N2CCCC2C2CCCN2)C1. The van der Waals surface area contributed by atoms with Crippen LogP contribution in [-0.4, -0.2) is 42.3 Å². The summed E-state index contributed by atoms with van der Waals surface area (Å²) in [6.45, 7) is 2.07. The van der Waals surface area contributed by atoms with E-state index in [4.69, 9.17) is 0 Å². The average Bonchev–Trinajstić information content (AvgIpc) is 3.08. The summed E-state index contributed by atoms with van der Waals surface area (Å²) in [6.07, 6.45) is 3.06. The topological polar surface area (TPSA) is 15.3 Å². The lowest BCUT2D eigenvalue weighted by Gasteiger charge is -2.40. The maximum absolute atomic E-state index is 13.0. The third-order valence-electron chi connectivity index (χ3n) is 5.48. The van der Waals surface area contributed by atoms with E-state index in [9.17, 15) is 13.2 Å². The van der Waals surface area contributed by atoms with Gasteiger partial charge in [-0.2, -0.15) is 13.2 Å². The summed E-state index contributed by atoms with van der Waals surface area (Å²) >= 11 is 0. The Hall–Kier alpha value is -0.290. The van der Waals surface area contributed by atoms with Gasteiger partial charge in [0.2, 0.25) is 0 Å². The predicted octanol–water partition coefficient (Wildman–Crippen LogP) is 3.32. The van der Waals surface area contributed by atoms with Gasteiger partial charge in [0.15, 0.2) is 0 Å². The molecule has 2 heterocycles. The molecule has 1 saturated carbocycles. The average molecular weight is 290 g/mol. The van der Waals surface area contributed by atoms with Crippen LogP contribution in [0.4, 0.5) is 13.2 Å². The summed E-state index contributed by atoms with van der Waals surface area (Å²) < 4.78 is 38.9. The predicted molar refractivity (Wildman–Crippen MR) is 72.6 cm³/mol. The van der Waals surface area contributed by atoms with Crippen LogP contribution in [0.5, 0.6) is 0 Å². The van der Waals surface area contributed by atoms with E-state index in [2.05, 4.69) is 10.2 Å². The molecule has 1 N–H and O–H groups in total. The summed E-state index contributed by atoms with van der Waals surface area (Å²) in [5.41, 5.74) is 0. The maximum Gasteiger partial charge on any atom is 0.391 e. The Morgan fingerprint density at radius 2 is 1.80 bits per heavy atom.